The van der Waals surface area contributed by atoms with Crippen LogP contribution in [0.4, 0.5) is 0 Å². The second kappa shape index (κ2) is 16.7. The number of methoxy groups -OCH3 is 2. The zero-order valence-corrected chi connectivity index (χ0v) is 32.0. The van der Waals surface area contributed by atoms with Crippen LogP contribution >= 0.6 is 0 Å². The van der Waals surface area contributed by atoms with Crippen molar-refractivity contribution in [1.29, 1.82) is 0 Å². The predicted octanol–water partition coefficient (Wildman–Crippen LogP) is 2.73. The molecule has 0 aliphatic carbocycles. The maximum absolute atomic E-state index is 13.1. The molecule has 4 amide bonds. The summed E-state index contributed by atoms with van der Waals surface area (Å²) < 4.78 is 26.5. The lowest BCUT2D eigenvalue weighted by Crippen LogP contribution is -2.54. The number of aromatic nitrogens is 5. The van der Waals surface area contributed by atoms with E-state index in [4.69, 9.17) is 18.9 Å². The first kappa shape index (κ1) is 38.8. The number of hydrogen-bond acceptors (Lipinski definition) is 13. The Labute approximate surface area is 327 Å². The first-order valence-electron chi connectivity index (χ1n) is 18.4. The predicted molar refractivity (Wildman–Crippen MR) is 205 cm³/mol. The van der Waals surface area contributed by atoms with Crippen LogP contribution in [0.25, 0.3) is 21.9 Å². The van der Waals surface area contributed by atoms with Crippen LogP contribution in [0.5, 0.6) is 17.2 Å². The second-order valence-electron chi connectivity index (χ2n) is 13.9. The minimum absolute atomic E-state index is 0.0515. The summed E-state index contributed by atoms with van der Waals surface area (Å²) in [5, 5.41) is 12.0. The summed E-state index contributed by atoms with van der Waals surface area (Å²) >= 11 is 0. The maximum Gasteiger partial charge on any atom is 0.262 e. The number of carbonyl (C=O) groups is 4. The minimum atomic E-state index is -1.03. The molecule has 1 N–H and O–H groups in total. The molecule has 0 bridgehead atoms. The Balaban J connectivity index is 0.868. The summed E-state index contributed by atoms with van der Waals surface area (Å²) in [4.78, 5) is 69.8. The van der Waals surface area contributed by atoms with Crippen molar-refractivity contribution in [2.24, 2.45) is 7.05 Å². The van der Waals surface area contributed by atoms with Gasteiger partial charge in [-0.15, -0.1) is 5.10 Å². The Morgan fingerprint density at radius 1 is 0.912 bits per heavy atom. The van der Waals surface area contributed by atoms with Crippen LogP contribution in [0.3, 0.4) is 0 Å². The highest BCUT2D eigenvalue weighted by atomic mass is 16.5. The highest BCUT2D eigenvalue weighted by molar-refractivity contribution is 6.23. The Hall–Kier alpha value is -6.46. The Morgan fingerprint density at radius 2 is 1.68 bits per heavy atom. The SMILES string of the molecule is COc1cc(-c2cn(C)c(=O)c3cnccc23)cc(OC)c1CN(C)CCCn1cc(COCCOc2ccc3c(c2)C(=O)N(C2CCC(=O)NC2=O)C3=O)nn1. The van der Waals surface area contributed by atoms with Crippen molar-refractivity contribution in [2.75, 3.05) is 41.0 Å². The smallest absolute Gasteiger partial charge is 0.262 e. The lowest BCUT2D eigenvalue weighted by Gasteiger charge is -2.27. The van der Waals surface area contributed by atoms with Gasteiger partial charge < -0.3 is 28.4 Å². The average molecular weight is 779 g/mol. The largest absolute Gasteiger partial charge is 0.496 e. The summed E-state index contributed by atoms with van der Waals surface area (Å²) in [7, 11) is 7.01. The number of pyridine rings is 2. The lowest BCUT2D eigenvalue weighted by molar-refractivity contribution is -0.136. The molecule has 1 unspecified atom stereocenters. The summed E-state index contributed by atoms with van der Waals surface area (Å²) in [6.45, 7) is 2.61. The molecular formula is C40H42N8O9. The molecule has 17 nitrogen and oxygen atoms in total. The summed E-state index contributed by atoms with van der Waals surface area (Å²) in [6, 6.07) is 9.30. The van der Waals surface area contributed by atoms with Crippen LogP contribution in [0.15, 0.2) is 66.0 Å². The van der Waals surface area contributed by atoms with Gasteiger partial charge in [0.1, 0.15) is 35.6 Å². The molecule has 3 aromatic heterocycles. The third-order valence-corrected chi connectivity index (χ3v) is 10.0. The van der Waals surface area contributed by atoms with Gasteiger partial charge in [-0.2, -0.15) is 0 Å². The highest BCUT2D eigenvalue weighted by Gasteiger charge is 2.44. The van der Waals surface area contributed by atoms with Crippen LogP contribution in [0, 0.1) is 0 Å². The van der Waals surface area contributed by atoms with Gasteiger partial charge in [0.25, 0.3) is 17.4 Å². The highest BCUT2D eigenvalue weighted by Crippen LogP contribution is 2.38. The summed E-state index contributed by atoms with van der Waals surface area (Å²) in [5.74, 6) is -0.529. The van der Waals surface area contributed by atoms with Crippen molar-refractivity contribution < 1.29 is 38.1 Å². The van der Waals surface area contributed by atoms with Crippen LogP contribution in [0.1, 0.15) is 51.2 Å². The number of benzene rings is 2. The molecule has 296 valence electrons. The van der Waals surface area contributed by atoms with Gasteiger partial charge in [0.2, 0.25) is 11.8 Å². The fraction of sp³-hybridized carbons (Fsp3) is 0.350. The molecule has 17 heteroatoms. The summed E-state index contributed by atoms with van der Waals surface area (Å²) in [6.07, 6.45) is 7.85. The number of rotatable bonds is 16. The van der Waals surface area contributed by atoms with Crippen molar-refractivity contribution in [3.05, 3.63) is 93.9 Å². The van der Waals surface area contributed by atoms with Gasteiger partial charge in [0.15, 0.2) is 0 Å². The molecule has 2 aliphatic heterocycles. The van der Waals surface area contributed by atoms with Crippen LogP contribution < -0.4 is 25.1 Å². The van der Waals surface area contributed by atoms with E-state index in [1.54, 1.807) is 49.0 Å². The third-order valence-electron chi connectivity index (χ3n) is 10.0. The molecule has 57 heavy (non-hydrogen) atoms. The Bertz CT molecular complexity index is 2400. The van der Waals surface area contributed by atoms with Crippen molar-refractivity contribution in [3.63, 3.8) is 0 Å². The van der Waals surface area contributed by atoms with Crippen LogP contribution in [-0.2, 0) is 41.1 Å². The minimum Gasteiger partial charge on any atom is -0.496 e. The number of amides is 4. The number of nitrogens with one attached hydrogen (secondary N) is 1. The number of imide groups is 2. The molecule has 2 aliphatic rings. The first-order valence-corrected chi connectivity index (χ1v) is 18.4. The normalized spacial score (nSPS) is 15.4. The van der Waals surface area contributed by atoms with E-state index in [-0.39, 0.29) is 49.3 Å². The number of piperidine rings is 1. The molecule has 1 fully saturated rings. The van der Waals surface area contributed by atoms with E-state index >= 15 is 0 Å². The zero-order chi connectivity index (χ0) is 40.2. The van der Waals surface area contributed by atoms with E-state index < -0.39 is 29.7 Å². The molecule has 1 atom stereocenters. The van der Waals surface area contributed by atoms with E-state index in [1.807, 2.05) is 37.6 Å². The number of hydrogen-bond donors (Lipinski definition) is 1. The van der Waals surface area contributed by atoms with Gasteiger partial charge in [-0.1, -0.05) is 5.21 Å². The fourth-order valence-corrected chi connectivity index (χ4v) is 7.14. The van der Waals surface area contributed by atoms with Crippen LogP contribution in [0.2, 0.25) is 0 Å². The van der Waals surface area contributed by atoms with E-state index in [9.17, 15) is 24.0 Å². The monoisotopic (exact) mass is 778 g/mol. The van der Waals surface area contributed by atoms with E-state index in [1.165, 1.54) is 12.1 Å². The number of aryl methyl sites for hydroxylation is 2. The molecule has 5 heterocycles. The van der Waals surface area contributed by atoms with Gasteiger partial charge in [-0.05, 0) is 73.8 Å². The van der Waals surface area contributed by atoms with E-state index in [2.05, 4.69) is 25.5 Å². The number of carbonyl (C=O) groups excluding carboxylic acids is 4. The van der Waals surface area contributed by atoms with Crippen LogP contribution in [-0.4, -0.2) is 105 Å². The quantitative estimate of drug-likeness (QED) is 0.114. The van der Waals surface area contributed by atoms with Gasteiger partial charge in [0.05, 0.1) is 55.7 Å². The number of nitrogens with zero attached hydrogens (tertiary/aromatic N) is 7. The van der Waals surface area contributed by atoms with Gasteiger partial charge >= 0.3 is 0 Å². The maximum atomic E-state index is 13.1. The molecule has 0 spiro atoms. The van der Waals surface area contributed by atoms with Crippen molar-refractivity contribution in [1.82, 2.24) is 39.7 Å². The molecule has 0 radical (unpaired) electrons. The van der Waals surface area contributed by atoms with E-state index in [0.29, 0.717) is 41.4 Å². The summed E-state index contributed by atoms with van der Waals surface area (Å²) in [5.41, 5.74) is 3.51. The van der Waals surface area contributed by atoms with Crippen molar-refractivity contribution in [3.8, 4) is 28.4 Å². The topological polar surface area (TPSA) is 189 Å². The lowest BCUT2D eigenvalue weighted by atomic mass is 9.99. The van der Waals surface area contributed by atoms with Gasteiger partial charge in [0, 0.05) is 50.7 Å². The molecule has 5 aromatic rings. The molecule has 2 aromatic carbocycles. The molecular weight excluding hydrogens is 736 g/mol. The van der Waals surface area contributed by atoms with Crippen molar-refractivity contribution >= 4 is 34.4 Å². The zero-order valence-electron chi connectivity index (χ0n) is 32.0. The third kappa shape index (κ3) is 8.10. The fourth-order valence-electron chi connectivity index (χ4n) is 7.14. The Morgan fingerprint density at radius 3 is 2.44 bits per heavy atom. The molecule has 1 saturated heterocycles. The Kier molecular flexibility index (Phi) is 11.4. The molecule has 0 saturated carbocycles. The first-order chi connectivity index (χ1) is 27.6. The number of fused-ring (bicyclic) bond motifs is 2. The number of ether oxygens (including phenoxy) is 4. The standard InChI is InChI=1S/C40H42N8O9/c1-45(21-32-34(54-3)16-24(17-35(32)55-4)31-22-46(2)38(51)30-19-41-11-10-27(30)31)12-5-13-47-20-25(43-44-47)23-56-14-15-57-26-6-7-28-29(18-26)40(53)48(39(28)52)33-8-9-36(49)42-37(33)50/h6-7,10-11,16-20,22,33H,5,8-9,12-15,21,23H2,1-4H3,(H,42,49,50). The van der Waals surface area contributed by atoms with Gasteiger partial charge in [-0.25, -0.2) is 0 Å². The van der Waals surface area contributed by atoms with E-state index in [0.717, 1.165) is 39.9 Å². The molecule has 7 rings (SSSR count). The van der Waals surface area contributed by atoms with Gasteiger partial charge in [-0.3, -0.25) is 43.9 Å². The average Bonchev–Trinajstić information content (AvgIpc) is 3.76. The second-order valence-corrected chi connectivity index (χ2v) is 13.9. The van der Waals surface area contributed by atoms with Crippen molar-refractivity contribution in [2.45, 2.75) is 45.0 Å².